The zero-order valence-corrected chi connectivity index (χ0v) is 15.4. The Morgan fingerprint density at radius 3 is 2.71 bits per heavy atom. The Balaban J connectivity index is 1.74. The molecule has 28 heavy (non-hydrogen) atoms. The van der Waals surface area contributed by atoms with Gasteiger partial charge in [0.15, 0.2) is 5.03 Å². The molecule has 1 saturated heterocycles. The lowest BCUT2D eigenvalue weighted by atomic mass is 10.2. The summed E-state index contributed by atoms with van der Waals surface area (Å²) in [5.41, 5.74) is 1.49. The van der Waals surface area contributed by atoms with Gasteiger partial charge in [-0.25, -0.2) is 24.8 Å². The highest BCUT2D eigenvalue weighted by Crippen LogP contribution is 2.15. The molecule has 1 aliphatic heterocycles. The molecule has 1 aromatic carbocycles. The molecule has 0 atom stereocenters. The van der Waals surface area contributed by atoms with E-state index in [1.165, 1.54) is 11.1 Å². The van der Waals surface area contributed by atoms with E-state index in [-0.39, 0.29) is 32.6 Å². The van der Waals surface area contributed by atoms with E-state index in [9.17, 15) is 14.9 Å². The Bertz CT molecular complexity index is 862. The van der Waals surface area contributed by atoms with E-state index < -0.39 is 11.1 Å². The number of amides is 1. The highest BCUT2D eigenvalue weighted by atomic mass is 35.5. The van der Waals surface area contributed by atoms with Crippen molar-refractivity contribution in [3.8, 4) is 0 Å². The topological polar surface area (TPSA) is 110 Å². The lowest BCUT2D eigenvalue weighted by Crippen LogP contribution is -2.53. The number of guanidine groups is 1. The van der Waals surface area contributed by atoms with Crippen molar-refractivity contribution in [1.29, 1.82) is 0 Å². The first-order valence-corrected chi connectivity index (χ1v) is 8.55. The van der Waals surface area contributed by atoms with Crippen LogP contribution in [0.1, 0.15) is 11.1 Å². The lowest BCUT2D eigenvalue weighted by Gasteiger charge is -2.34. The van der Waals surface area contributed by atoms with Crippen molar-refractivity contribution in [2.24, 2.45) is 5.10 Å². The molecule has 2 aromatic rings. The molecule has 1 amide bonds. The van der Waals surface area contributed by atoms with E-state index in [1.807, 2.05) is 18.2 Å². The molecule has 0 bridgehead atoms. The number of halogens is 1. The number of nitrogens with zero attached hydrogens (tertiary/aromatic N) is 5. The van der Waals surface area contributed by atoms with Gasteiger partial charge in [-0.2, -0.15) is 0 Å². The summed E-state index contributed by atoms with van der Waals surface area (Å²) in [6.45, 7) is -0.00421. The molecule has 0 unspecified atom stereocenters. The third-order valence-corrected chi connectivity index (χ3v) is 3.97. The molecule has 146 valence electrons. The Hall–Kier alpha value is -3.24. The number of hydrogen-bond acceptors (Lipinski definition) is 6. The molecule has 11 heteroatoms. The Kier molecular flexibility index (Phi) is 6.35. The number of ether oxygens (including phenoxy) is 2. The van der Waals surface area contributed by atoms with Gasteiger partial charge >= 0.3 is 6.09 Å². The molecule has 1 fully saturated rings. The van der Waals surface area contributed by atoms with Crippen molar-refractivity contribution < 1.29 is 19.3 Å². The number of pyridine rings is 1. The van der Waals surface area contributed by atoms with Crippen LogP contribution in [0.3, 0.4) is 0 Å². The zero-order valence-electron chi connectivity index (χ0n) is 14.6. The highest BCUT2D eigenvalue weighted by Gasteiger charge is 2.33. The van der Waals surface area contributed by atoms with Gasteiger partial charge in [-0.15, -0.1) is 0 Å². The van der Waals surface area contributed by atoms with Crippen molar-refractivity contribution in [1.82, 2.24) is 14.8 Å². The number of aromatic nitrogens is 1. The number of hydrazone groups is 1. The molecule has 1 aliphatic rings. The minimum absolute atomic E-state index is 0.0117. The first-order chi connectivity index (χ1) is 13.5. The molecule has 0 saturated carbocycles. The van der Waals surface area contributed by atoms with E-state index in [2.05, 4.69) is 10.1 Å². The quantitative estimate of drug-likeness (QED) is 0.427. The first kappa shape index (κ1) is 19.5. The molecule has 3 rings (SSSR count). The Morgan fingerprint density at radius 2 is 2.04 bits per heavy atom. The van der Waals surface area contributed by atoms with E-state index in [0.717, 1.165) is 10.5 Å². The second-order valence-corrected chi connectivity index (χ2v) is 6.14. The second kappa shape index (κ2) is 9.11. The van der Waals surface area contributed by atoms with Crippen molar-refractivity contribution in [3.63, 3.8) is 0 Å². The van der Waals surface area contributed by atoms with Crippen LogP contribution in [0.2, 0.25) is 5.15 Å². The van der Waals surface area contributed by atoms with Crippen molar-refractivity contribution in [3.05, 3.63) is 75.1 Å². The number of carbonyl (C=O) groups excluding carboxylic acids is 1. The van der Waals surface area contributed by atoms with Crippen LogP contribution in [0.5, 0.6) is 0 Å². The molecule has 1 aromatic heterocycles. The average molecular weight is 406 g/mol. The highest BCUT2D eigenvalue weighted by molar-refractivity contribution is 6.29. The zero-order chi connectivity index (χ0) is 19.9. The van der Waals surface area contributed by atoms with E-state index in [4.69, 9.17) is 21.1 Å². The van der Waals surface area contributed by atoms with Crippen LogP contribution >= 0.6 is 11.6 Å². The number of rotatable bonds is 5. The van der Waals surface area contributed by atoms with Crippen molar-refractivity contribution in [2.45, 2.75) is 13.2 Å². The summed E-state index contributed by atoms with van der Waals surface area (Å²) in [7, 11) is 0. The standard InChI is InChI=1S/C17H16ClN5O5/c18-15-7-6-14(8-19-15)9-21-11-27-12-22(16(21)20-23(25)26)17(24)28-10-13-4-2-1-3-5-13/h1-8H,9-12H2. The molecule has 2 heterocycles. The lowest BCUT2D eigenvalue weighted by molar-refractivity contribution is -0.486. The number of benzene rings is 1. The van der Waals surface area contributed by atoms with Gasteiger partial charge in [0.25, 0.3) is 5.96 Å². The fourth-order valence-electron chi connectivity index (χ4n) is 2.49. The normalized spacial score (nSPS) is 15.5. The van der Waals surface area contributed by atoms with Gasteiger partial charge in [-0.05, 0) is 17.2 Å². The second-order valence-electron chi connectivity index (χ2n) is 5.76. The fraction of sp³-hybridized carbons (Fsp3) is 0.235. The largest absolute Gasteiger partial charge is 0.444 e. The van der Waals surface area contributed by atoms with Gasteiger partial charge in [-0.3, -0.25) is 0 Å². The molecular weight excluding hydrogens is 390 g/mol. The number of hydrogen-bond donors (Lipinski definition) is 0. The minimum atomic E-state index is -0.870. The van der Waals surface area contributed by atoms with Crippen LogP contribution in [-0.2, 0) is 22.6 Å². The molecule has 0 radical (unpaired) electrons. The van der Waals surface area contributed by atoms with Crippen LogP contribution in [0.25, 0.3) is 0 Å². The number of carbonyl (C=O) groups is 1. The van der Waals surface area contributed by atoms with Crippen molar-refractivity contribution >= 4 is 23.7 Å². The Morgan fingerprint density at radius 1 is 1.25 bits per heavy atom. The maximum atomic E-state index is 12.5. The maximum Gasteiger partial charge on any atom is 0.419 e. The number of nitro groups is 1. The van der Waals surface area contributed by atoms with E-state index >= 15 is 0 Å². The summed E-state index contributed by atoms with van der Waals surface area (Å²) in [6.07, 6.45) is 0.724. The van der Waals surface area contributed by atoms with Crippen LogP contribution in [-0.4, -0.2) is 45.3 Å². The summed E-state index contributed by atoms with van der Waals surface area (Å²) in [6, 6.07) is 12.4. The van der Waals surface area contributed by atoms with E-state index in [0.29, 0.717) is 10.7 Å². The summed E-state index contributed by atoms with van der Waals surface area (Å²) < 4.78 is 10.6. The van der Waals surface area contributed by atoms with Gasteiger partial charge in [0.2, 0.25) is 0 Å². The summed E-state index contributed by atoms with van der Waals surface area (Å²) in [5.74, 6) is -0.177. The first-order valence-electron chi connectivity index (χ1n) is 8.17. The molecule has 0 aliphatic carbocycles. The third-order valence-electron chi connectivity index (χ3n) is 3.75. The Labute approximate surface area is 165 Å². The molecule has 10 nitrogen and oxygen atoms in total. The molecular formula is C17H16ClN5O5. The summed E-state index contributed by atoms with van der Waals surface area (Å²) in [4.78, 5) is 29.8. The monoisotopic (exact) mass is 405 g/mol. The van der Waals surface area contributed by atoms with E-state index in [1.54, 1.807) is 24.3 Å². The maximum absolute atomic E-state index is 12.5. The molecule has 0 N–H and O–H groups in total. The predicted molar refractivity (Wildman–Crippen MR) is 98.5 cm³/mol. The van der Waals surface area contributed by atoms with Gasteiger partial charge in [0, 0.05) is 12.7 Å². The minimum Gasteiger partial charge on any atom is -0.444 e. The van der Waals surface area contributed by atoms with Gasteiger partial charge in [0.05, 0.1) is 0 Å². The summed E-state index contributed by atoms with van der Waals surface area (Å²) in [5, 5.41) is 13.8. The van der Waals surface area contributed by atoms with Gasteiger partial charge in [0.1, 0.15) is 30.3 Å². The summed E-state index contributed by atoms with van der Waals surface area (Å²) >= 11 is 5.77. The van der Waals surface area contributed by atoms with Crippen molar-refractivity contribution in [2.75, 3.05) is 13.5 Å². The average Bonchev–Trinajstić information content (AvgIpc) is 2.69. The van der Waals surface area contributed by atoms with Crippen LogP contribution in [0, 0.1) is 10.1 Å². The van der Waals surface area contributed by atoms with Gasteiger partial charge < -0.3 is 14.4 Å². The van der Waals surface area contributed by atoms with Crippen LogP contribution < -0.4 is 0 Å². The third kappa shape index (κ3) is 5.15. The fourth-order valence-corrected chi connectivity index (χ4v) is 2.60. The predicted octanol–water partition coefficient (Wildman–Crippen LogP) is 2.67. The van der Waals surface area contributed by atoms with Crippen LogP contribution in [0.4, 0.5) is 4.79 Å². The van der Waals surface area contributed by atoms with Crippen LogP contribution in [0.15, 0.2) is 53.8 Å². The smallest absolute Gasteiger partial charge is 0.419 e. The van der Waals surface area contributed by atoms with Gasteiger partial charge in [-0.1, -0.05) is 48.0 Å². The molecule has 0 spiro atoms. The SMILES string of the molecule is O=C(OCc1ccccc1)N1COCN(Cc2ccc(Cl)nc2)C1=N[N+](=O)[O-].